The Labute approximate surface area is 174 Å². The van der Waals surface area contributed by atoms with Gasteiger partial charge in [0.1, 0.15) is 0 Å². The normalized spacial score (nSPS) is 15.0. The predicted molar refractivity (Wildman–Crippen MR) is 115 cm³/mol. The van der Waals surface area contributed by atoms with E-state index in [4.69, 9.17) is 0 Å². The summed E-state index contributed by atoms with van der Waals surface area (Å²) < 4.78 is 1.98. The number of benzene rings is 1. The quantitative estimate of drug-likeness (QED) is 0.569. The number of piperidine rings is 1. The average molecular weight is 400 g/mol. The van der Waals surface area contributed by atoms with Gasteiger partial charge >= 0.3 is 0 Å². The smallest absolute Gasteiger partial charge is 0.253 e. The van der Waals surface area contributed by atoms with E-state index in [2.05, 4.69) is 32.1 Å². The number of likely N-dealkylation sites (tertiary alicyclic amines) is 1. The number of nitrogens with one attached hydrogen (secondary N) is 1. The Morgan fingerprint density at radius 2 is 2.03 bits per heavy atom. The van der Waals surface area contributed by atoms with Crippen LogP contribution in [0.1, 0.15) is 28.8 Å². The minimum Gasteiger partial charge on any atom is -0.345 e. The van der Waals surface area contributed by atoms with Crippen LogP contribution in [0.25, 0.3) is 22.4 Å². The van der Waals surface area contributed by atoms with Crippen molar-refractivity contribution >= 4 is 16.9 Å². The summed E-state index contributed by atoms with van der Waals surface area (Å²) in [5.41, 5.74) is 5.77. The molecule has 1 aromatic carbocycles. The maximum Gasteiger partial charge on any atom is 0.253 e. The number of pyridine rings is 1. The number of amides is 1. The molecule has 4 aromatic rings. The van der Waals surface area contributed by atoms with Gasteiger partial charge in [0.15, 0.2) is 0 Å². The van der Waals surface area contributed by atoms with Crippen molar-refractivity contribution in [3.8, 4) is 11.4 Å². The van der Waals surface area contributed by atoms with Crippen LogP contribution in [-0.2, 0) is 13.5 Å². The highest BCUT2D eigenvalue weighted by molar-refractivity contribution is 5.97. The topological polar surface area (TPSA) is 79.7 Å². The van der Waals surface area contributed by atoms with E-state index < -0.39 is 0 Å². The van der Waals surface area contributed by atoms with Crippen LogP contribution in [0.4, 0.5) is 0 Å². The highest BCUT2D eigenvalue weighted by atomic mass is 16.2. The highest BCUT2D eigenvalue weighted by Gasteiger charge is 2.24. The second kappa shape index (κ2) is 7.74. The van der Waals surface area contributed by atoms with Crippen LogP contribution in [0.5, 0.6) is 0 Å². The van der Waals surface area contributed by atoms with Crippen LogP contribution >= 0.6 is 0 Å². The molecule has 0 radical (unpaired) electrons. The summed E-state index contributed by atoms with van der Waals surface area (Å²) in [6.45, 7) is 1.59. The first kappa shape index (κ1) is 18.5. The van der Waals surface area contributed by atoms with Crippen molar-refractivity contribution in [1.82, 2.24) is 29.4 Å². The lowest BCUT2D eigenvalue weighted by molar-refractivity contribution is 0.0690. The molecule has 0 atom stereocenters. The van der Waals surface area contributed by atoms with Crippen LogP contribution in [0.2, 0.25) is 0 Å². The van der Waals surface area contributed by atoms with Crippen LogP contribution in [0.15, 0.2) is 55.4 Å². The Morgan fingerprint density at radius 3 is 2.83 bits per heavy atom. The zero-order valence-electron chi connectivity index (χ0n) is 17.0. The Morgan fingerprint density at radius 1 is 1.17 bits per heavy atom. The molecule has 1 aliphatic heterocycles. The fourth-order valence-electron chi connectivity index (χ4n) is 4.27. The molecule has 0 spiro atoms. The minimum absolute atomic E-state index is 0.104. The number of imidazole rings is 2. The summed E-state index contributed by atoms with van der Waals surface area (Å²) in [6, 6.07) is 9.92. The van der Waals surface area contributed by atoms with Gasteiger partial charge in [-0.1, -0.05) is 0 Å². The molecule has 1 amide bonds. The van der Waals surface area contributed by atoms with Gasteiger partial charge in [0.05, 0.1) is 41.3 Å². The Kier molecular flexibility index (Phi) is 4.78. The highest BCUT2D eigenvalue weighted by Crippen LogP contribution is 2.25. The number of hydrogen-bond acceptors (Lipinski definition) is 4. The average Bonchev–Trinajstić information content (AvgIpc) is 3.42. The van der Waals surface area contributed by atoms with E-state index in [0.29, 0.717) is 5.92 Å². The first-order valence-corrected chi connectivity index (χ1v) is 10.3. The van der Waals surface area contributed by atoms with Gasteiger partial charge in [-0.2, -0.15) is 0 Å². The third-order valence-corrected chi connectivity index (χ3v) is 6.00. The maximum atomic E-state index is 12.9. The Bertz CT molecular complexity index is 1190. The lowest BCUT2D eigenvalue weighted by Crippen LogP contribution is -2.38. The Balaban J connectivity index is 1.22. The van der Waals surface area contributed by atoms with Gasteiger partial charge in [-0.3, -0.25) is 9.78 Å². The standard InChI is InChI=1S/C23H24N6O/c1-28-15-24-13-22(28)21-11-17(4-7-25-21)10-16-5-8-29(9-6-16)23(30)18-2-3-19-20(12-18)27-14-26-19/h2-4,7,11-16H,5-6,8-10H2,1H3,(H,26,27). The van der Waals surface area contributed by atoms with E-state index in [1.807, 2.05) is 47.1 Å². The molecule has 7 heteroatoms. The number of nitrogens with zero attached hydrogens (tertiary/aromatic N) is 5. The Hall–Kier alpha value is -3.48. The van der Waals surface area contributed by atoms with Crippen molar-refractivity contribution in [3.63, 3.8) is 0 Å². The first-order valence-electron chi connectivity index (χ1n) is 10.3. The van der Waals surface area contributed by atoms with Crippen molar-refractivity contribution < 1.29 is 4.79 Å². The number of fused-ring (bicyclic) bond motifs is 1. The van der Waals surface area contributed by atoms with Gasteiger partial charge in [0, 0.05) is 31.9 Å². The molecular formula is C23H24N6O. The number of H-pyrrole nitrogens is 1. The summed E-state index contributed by atoms with van der Waals surface area (Å²) in [5, 5.41) is 0. The molecule has 0 unspecified atom stereocenters. The number of carbonyl (C=O) groups excluding carboxylic acids is 1. The largest absolute Gasteiger partial charge is 0.345 e. The molecule has 1 saturated heterocycles. The predicted octanol–water partition coefficient (Wildman–Crippen LogP) is 3.45. The molecule has 0 bridgehead atoms. The number of aryl methyl sites for hydroxylation is 1. The van der Waals surface area contributed by atoms with E-state index >= 15 is 0 Å². The fraction of sp³-hybridized carbons (Fsp3) is 0.304. The van der Waals surface area contributed by atoms with Gasteiger partial charge in [-0.15, -0.1) is 0 Å². The van der Waals surface area contributed by atoms with Crippen molar-refractivity contribution in [2.75, 3.05) is 13.1 Å². The number of rotatable bonds is 4. The zero-order chi connectivity index (χ0) is 20.5. The molecule has 1 N–H and O–H groups in total. The minimum atomic E-state index is 0.104. The van der Waals surface area contributed by atoms with Gasteiger partial charge in [0.2, 0.25) is 0 Å². The van der Waals surface area contributed by atoms with Gasteiger partial charge in [-0.25, -0.2) is 9.97 Å². The van der Waals surface area contributed by atoms with Crippen molar-refractivity contribution in [3.05, 3.63) is 66.5 Å². The van der Waals surface area contributed by atoms with Crippen molar-refractivity contribution in [1.29, 1.82) is 0 Å². The van der Waals surface area contributed by atoms with Crippen LogP contribution < -0.4 is 0 Å². The molecule has 0 saturated carbocycles. The van der Waals surface area contributed by atoms with Crippen molar-refractivity contribution in [2.45, 2.75) is 19.3 Å². The number of aromatic nitrogens is 5. The van der Waals surface area contributed by atoms with E-state index in [1.54, 1.807) is 12.7 Å². The van der Waals surface area contributed by atoms with Crippen molar-refractivity contribution in [2.24, 2.45) is 13.0 Å². The molecule has 152 valence electrons. The van der Waals surface area contributed by atoms with E-state index in [-0.39, 0.29) is 5.91 Å². The third-order valence-electron chi connectivity index (χ3n) is 6.00. The summed E-state index contributed by atoms with van der Waals surface area (Å²) in [6.07, 6.45) is 10.2. The van der Waals surface area contributed by atoms with E-state index in [0.717, 1.165) is 60.3 Å². The lowest BCUT2D eigenvalue weighted by Gasteiger charge is -2.32. The van der Waals surface area contributed by atoms with Gasteiger partial charge in [-0.05, 0) is 61.1 Å². The molecule has 30 heavy (non-hydrogen) atoms. The second-order valence-corrected chi connectivity index (χ2v) is 8.01. The van der Waals surface area contributed by atoms with Crippen LogP contribution in [0.3, 0.4) is 0 Å². The summed E-state index contributed by atoms with van der Waals surface area (Å²) in [4.78, 5) is 30.9. The second-order valence-electron chi connectivity index (χ2n) is 8.01. The molecule has 7 nitrogen and oxygen atoms in total. The van der Waals surface area contributed by atoms with Crippen LogP contribution in [0, 0.1) is 5.92 Å². The van der Waals surface area contributed by atoms with E-state index in [1.165, 1.54) is 5.56 Å². The number of aromatic amines is 1. The first-order chi connectivity index (χ1) is 14.7. The van der Waals surface area contributed by atoms with Gasteiger partial charge < -0.3 is 14.5 Å². The van der Waals surface area contributed by atoms with E-state index in [9.17, 15) is 4.79 Å². The van der Waals surface area contributed by atoms with Gasteiger partial charge in [0.25, 0.3) is 5.91 Å². The lowest BCUT2D eigenvalue weighted by atomic mass is 9.90. The summed E-state index contributed by atoms with van der Waals surface area (Å²) >= 11 is 0. The number of carbonyl (C=O) groups is 1. The molecule has 4 heterocycles. The summed E-state index contributed by atoms with van der Waals surface area (Å²) in [7, 11) is 1.98. The number of hydrogen-bond donors (Lipinski definition) is 1. The summed E-state index contributed by atoms with van der Waals surface area (Å²) in [5.74, 6) is 0.679. The molecule has 0 aliphatic carbocycles. The maximum absolute atomic E-state index is 12.9. The SMILES string of the molecule is Cn1cncc1-c1cc(CC2CCN(C(=O)c3ccc4nc[nH]c4c3)CC2)ccn1. The third kappa shape index (κ3) is 3.58. The zero-order valence-corrected chi connectivity index (χ0v) is 17.0. The molecular weight excluding hydrogens is 376 g/mol. The van der Waals surface area contributed by atoms with Crippen LogP contribution in [-0.4, -0.2) is 48.4 Å². The molecule has 5 rings (SSSR count). The monoisotopic (exact) mass is 400 g/mol. The fourth-order valence-corrected chi connectivity index (χ4v) is 4.27. The molecule has 1 aliphatic rings. The molecule has 3 aromatic heterocycles. The molecule has 1 fully saturated rings.